The molecule has 0 aliphatic carbocycles. The minimum absolute atomic E-state index is 0.210. The lowest BCUT2D eigenvalue weighted by Crippen LogP contribution is -2.55. The highest BCUT2D eigenvalue weighted by molar-refractivity contribution is 7.81. The van der Waals surface area contributed by atoms with E-state index >= 15 is 0 Å². The van der Waals surface area contributed by atoms with E-state index in [9.17, 15) is 19.5 Å². The van der Waals surface area contributed by atoms with Crippen LogP contribution in [0.3, 0.4) is 0 Å². The van der Waals surface area contributed by atoms with Crippen molar-refractivity contribution < 1.29 is 19.5 Å². The summed E-state index contributed by atoms with van der Waals surface area (Å²) in [5.74, 6) is -1.82. The van der Waals surface area contributed by atoms with Crippen LogP contribution in [0.5, 0.6) is 0 Å². The van der Waals surface area contributed by atoms with Crippen molar-refractivity contribution in [1.29, 1.82) is 0 Å². The van der Waals surface area contributed by atoms with Crippen LogP contribution in [-0.2, 0) is 33.8 Å². The topological polar surface area (TPSA) is 86.7 Å². The minimum Gasteiger partial charge on any atom is -0.480 e. The highest BCUT2D eigenvalue weighted by Gasteiger charge is 2.37. The second kappa shape index (κ2) is 9.34. The number of carbonyl (C=O) groups excluding carboxylic acids is 2. The summed E-state index contributed by atoms with van der Waals surface area (Å²) in [4.78, 5) is 38.7. The van der Waals surface area contributed by atoms with Crippen LogP contribution in [-0.4, -0.2) is 45.1 Å². The molecule has 7 heteroatoms. The first-order chi connectivity index (χ1) is 14.3. The van der Waals surface area contributed by atoms with Crippen molar-refractivity contribution in [3.63, 3.8) is 0 Å². The monoisotopic (exact) mass is 426 g/mol. The molecule has 3 atom stereocenters. The largest absolute Gasteiger partial charge is 0.480 e. The second-order valence-corrected chi connectivity index (χ2v) is 8.36. The lowest BCUT2D eigenvalue weighted by atomic mass is 9.92. The molecule has 2 aromatic rings. The van der Waals surface area contributed by atoms with Crippen LogP contribution < -0.4 is 5.32 Å². The number of carbonyl (C=O) groups is 3. The zero-order valence-electron chi connectivity index (χ0n) is 17.0. The lowest BCUT2D eigenvalue weighted by molar-refractivity contribution is -0.152. The van der Waals surface area contributed by atoms with Crippen molar-refractivity contribution in [2.24, 2.45) is 0 Å². The maximum absolute atomic E-state index is 13.0. The molecule has 3 rings (SSSR count). The van der Waals surface area contributed by atoms with Crippen molar-refractivity contribution in [1.82, 2.24) is 10.2 Å². The number of aryl methyl sites for hydroxylation is 1. The van der Waals surface area contributed by atoms with E-state index in [-0.39, 0.29) is 18.9 Å². The third-order valence-electron chi connectivity index (χ3n) is 5.36. The number of nitrogens with one attached hydrogen (secondary N) is 1. The number of hydrogen-bond donors (Lipinski definition) is 3. The Bertz CT molecular complexity index is 947. The number of carboxylic acid groups (broad SMARTS) is 1. The van der Waals surface area contributed by atoms with Gasteiger partial charge in [-0.1, -0.05) is 54.1 Å². The molecule has 0 saturated heterocycles. The first-order valence-electron chi connectivity index (χ1n) is 9.90. The number of fused-ring (bicyclic) bond motifs is 1. The van der Waals surface area contributed by atoms with Crippen LogP contribution in [0.25, 0.3) is 0 Å². The van der Waals surface area contributed by atoms with E-state index < -0.39 is 29.2 Å². The zero-order chi connectivity index (χ0) is 21.8. The third kappa shape index (κ3) is 5.02. The fourth-order valence-electron chi connectivity index (χ4n) is 3.72. The van der Waals surface area contributed by atoms with Gasteiger partial charge < -0.3 is 15.3 Å². The van der Waals surface area contributed by atoms with Gasteiger partial charge in [-0.25, -0.2) is 4.79 Å². The van der Waals surface area contributed by atoms with E-state index in [1.165, 1.54) is 4.90 Å². The number of carboxylic acids is 1. The number of aliphatic carboxylic acids is 1. The summed E-state index contributed by atoms with van der Waals surface area (Å²) in [7, 11) is 0. The van der Waals surface area contributed by atoms with Gasteiger partial charge in [0.05, 0.1) is 5.25 Å². The Morgan fingerprint density at radius 3 is 2.53 bits per heavy atom. The number of amides is 2. The molecule has 2 N–H and O–H groups in total. The van der Waals surface area contributed by atoms with Crippen LogP contribution in [0.1, 0.15) is 29.2 Å². The number of benzene rings is 2. The quantitative estimate of drug-likeness (QED) is 0.619. The van der Waals surface area contributed by atoms with E-state index in [1.54, 1.807) is 6.92 Å². The molecule has 2 aromatic carbocycles. The molecule has 0 unspecified atom stereocenters. The van der Waals surface area contributed by atoms with Crippen molar-refractivity contribution in [3.05, 3.63) is 70.8 Å². The fourth-order valence-corrected chi connectivity index (χ4v) is 4.00. The summed E-state index contributed by atoms with van der Waals surface area (Å²) in [5, 5.41) is 11.7. The Balaban J connectivity index is 1.69. The van der Waals surface area contributed by atoms with Gasteiger partial charge in [0.2, 0.25) is 11.8 Å². The first kappa shape index (κ1) is 21.9. The molecule has 0 fully saturated rings. The molecule has 0 radical (unpaired) electrons. The van der Waals surface area contributed by atoms with E-state index in [0.29, 0.717) is 6.42 Å². The SMILES string of the molecule is Cc1ccc2c(c1)CN(C(=O)[C@H](C)NC(=O)[C@@H](S)Cc1ccccc1)[C@H](C(=O)O)C2. The molecular weight excluding hydrogens is 400 g/mol. The Labute approximate surface area is 181 Å². The molecule has 158 valence electrons. The van der Waals surface area contributed by atoms with Gasteiger partial charge in [-0.15, -0.1) is 0 Å². The third-order valence-corrected chi connectivity index (χ3v) is 5.78. The number of thiol groups is 1. The highest BCUT2D eigenvalue weighted by atomic mass is 32.1. The zero-order valence-corrected chi connectivity index (χ0v) is 17.9. The molecule has 0 bridgehead atoms. The predicted molar refractivity (Wildman–Crippen MR) is 117 cm³/mol. The van der Waals surface area contributed by atoms with Crippen LogP contribution in [0.4, 0.5) is 0 Å². The molecule has 6 nitrogen and oxygen atoms in total. The predicted octanol–water partition coefficient (Wildman–Crippen LogP) is 2.38. The summed E-state index contributed by atoms with van der Waals surface area (Å²) in [5.41, 5.74) is 3.90. The second-order valence-electron chi connectivity index (χ2n) is 7.73. The Morgan fingerprint density at radius 1 is 1.17 bits per heavy atom. The van der Waals surface area contributed by atoms with Gasteiger partial charge in [-0.2, -0.15) is 12.6 Å². The fraction of sp³-hybridized carbons (Fsp3) is 0.348. The molecule has 1 aliphatic heterocycles. The highest BCUT2D eigenvalue weighted by Crippen LogP contribution is 2.25. The van der Waals surface area contributed by atoms with Crippen molar-refractivity contribution in [2.45, 2.75) is 50.6 Å². The summed E-state index contributed by atoms with van der Waals surface area (Å²) >= 11 is 4.37. The number of hydrogen-bond acceptors (Lipinski definition) is 4. The van der Waals surface area contributed by atoms with Gasteiger partial charge in [0.25, 0.3) is 0 Å². The minimum atomic E-state index is -1.05. The van der Waals surface area contributed by atoms with Crippen molar-refractivity contribution in [3.8, 4) is 0 Å². The van der Waals surface area contributed by atoms with Crippen LogP contribution in [0.15, 0.2) is 48.5 Å². The molecule has 1 heterocycles. The Morgan fingerprint density at radius 2 is 1.87 bits per heavy atom. The molecule has 0 aromatic heterocycles. The van der Waals surface area contributed by atoms with Crippen LogP contribution in [0, 0.1) is 6.92 Å². The van der Waals surface area contributed by atoms with Crippen molar-refractivity contribution >= 4 is 30.4 Å². The van der Waals surface area contributed by atoms with Crippen LogP contribution in [0.2, 0.25) is 0 Å². The standard InChI is InChI=1S/C23H26N2O4S/c1-14-8-9-17-12-19(23(28)29)25(13-18(17)10-14)22(27)15(2)24-21(26)20(30)11-16-6-4-3-5-7-16/h3-10,15,19-20,30H,11-13H2,1-2H3,(H,24,26)(H,28,29)/t15-,19-,20-/m0/s1. The van der Waals surface area contributed by atoms with E-state index in [0.717, 1.165) is 22.3 Å². The maximum atomic E-state index is 13.0. The van der Waals surface area contributed by atoms with E-state index in [4.69, 9.17) is 0 Å². The smallest absolute Gasteiger partial charge is 0.326 e. The molecule has 0 saturated carbocycles. The average molecular weight is 427 g/mol. The van der Waals surface area contributed by atoms with Gasteiger partial charge in [0.15, 0.2) is 0 Å². The molecule has 1 aliphatic rings. The molecule has 30 heavy (non-hydrogen) atoms. The van der Waals surface area contributed by atoms with Gasteiger partial charge in [0.1, 0.15) is 12.1 Å². The van der Waals surface area contributed by atoms with Gasteiger partial charge in [-0.3, -0.25) is 9.59 Å². The maximum Gasteiger partial charge on any atom is 0.326 e. The van der Waals surface area contributed by atoms with Crippen LogP contribution >= 0.6 is 12.6 Å². The molecule has 0 spiro atoms. The summed E-state index contributed by atoms with van der Waals surface area (Å²) in [6, 6.07) is 13.5. The summed E-state index contributed by atoms with van der Waals surface area (Å²) < 4.78 is 0. The van der Waals surface area contributed by atoms with Gasteiger partial charge in [0, 0.05) is 13.0 Å². The van der Waals surface area contributed by atoms with Crippen molar-refractivity contribution in [2.75, 3.05) is 0 Å². The molecular formula is C23H26N2O4S. The normalized spacial score (nSPS) is 17.6. The lowest BCUT2D eigenvalue weighted by Gasteiger charge is -2.36. The Kier molecular flexibility index (Phi) is 6.82. The first-order valence-corrected chi connectivity index (χ1v) is 10.4. The van der Waals surface area contributed by atoms with Gasteiger partial charge in [-0.05, 0) is 37.0 Å². The summed E-state index contributed by atoms with van der Waals surface area (Å²) in [6.07, 6.45) is 0.686. The average Bonchev–Trinajstić information content (AvgIpc) is 2.72. The van der Waals surface area contributed by atoms with E-state index in [2.05, 4.69) is 17.9 Å². The summed E-state index contributed by atoms with van der Waals surface area (Å²) in [6.45, 7) is 3.74. The number of rotatable bonds is 6. The number of nitrogens with zero attached hydrogens (tertiary/aromatic N) is 1. The van der Waals surface area contributed by atoms with E-state index in [1.807, 2.05) is 55.5 Å². The molecule has 2 amide bonds. The van der Waals surface area contributed by atoms with Gasteiger partial charge >= 0.3 is 5.97 Å². The Hall–Kier alpha value is -2.80.